The van der Waals surface area contributed by atoms with E-state index < -0.39 is 0 Å². The first-order chi connectivity index (χ1) is 7.24. The summed E-state index contributed by atoms with van der Waals surface area (Å²) >= 11 is 0. The van der Waals surface area contributed by atoms with E-state index >= 15 is 0 Å². The fourth-order valence-corrected chi connectivity index (χ4v) is 1.53. The highest BCUT2D eigenvalue weighted by molar-refractivity contribution is 5.87. The zero-order valence-electron chi connectivity index (χ0n) is 9.14. The van der Waals surface area contributed by atoms with Gasteiger partial charge in [-0.25, -0.2) is 0 Å². The van der Waals surface area contributed by atoms with Crippen molar-refractivity contribution >= 4 is 11.8 Å². The van der Waals surface area contributed by atoms with Gasteiger partial charge in [0.25, 0.3) is 0 Å². The normalized spacial score (nSPS) is 19.9. The third kappa shape index (κ3) is 4.29. The second-order valence-electron chi connectivity index (χ2n) is 3.72. The van der Waals surface area contributed by atoms with Crippen LogP contribution < -0.4 is 16.0 Å². The van der Waals surface area contributed by atoms with E-state index in [9.17, 15) is 9.59 Å². The first-order valence-electron chi connectivity index (χ1n) is 5.52. The highest BCUT2D eigenvalue weighted by Crippen LogP contribution is 2.03. The molecule has 1 aliphatic rings. The topological polar surface area (TPSA) is 70.2 Å². The SMILES string of the molecule is CCCNC(=O)CNC(=O)[C@H]1CCCN1. The van der Waals surface area contributed by atoms with Gasteiger partial charge < -0.3 is 16.0 Å². The molecule has 0 aromatic carbocycles. The van der Waals surface area contributed by atoms with Gasteiger partial charge >= 0.3 is 0 Å². The summed E-state index contributed by atoms with van der Waals surface area (Å²) in [4.78, 5) is 22.6. The van der Waals surface area contributed by atoms with Crippen LogP contribution in [0.2, 0.25) is 0 Å². The van der Waals surface area contributed by atoms with Crippen LogP contribution in [-0.2, 0) is 9.59 Å². The van der Waals surface area contributed by atoms with Crippen LogP contribution in [0.25, 0.3) is 0 Å². The molecule has 3 N–H and O–H groups in total. The van der Waals surface area contributed by atoms with Crippen molar-refractivity contribution in [2.75, 3.05) is 19.6 Å². The molecule has 1 rings (SSSR count). The van der Waals surface area contributed by atoms with Crippen molar-refractivity contribution in [1.29, 1.82) is 0 Å². The molecule has 0 aliphatic carbocycles. The van der Waals surface area contributed by atoms with Gasteiger partial charge in [-0.15, -0.1) is 0 Å². The van der Waals surface area contributed by atoms with E-state index in [0.29, 0.717) is 6.54 Å². The Balaban J connectivity index is 2.12. The Morgan fingerprint density at radius 3 is 2.80 bits per heavy atom. The van der Waals surface area contributed by atoms with Crippen molar-refractivity contribution < 1.29 is 9.59 Å². The molecule has 1 saturated heterocycles. The quantitative estimate of drug-likeness (QED) is 0.570. The van der Waals surface area contributed by atoms with Crippen molar-refractivity contribution in [3.05, 3.63) is 0 Å². The van der Waals surface area contributed by atoms with Crippen LogP contribution in [-0.4, -0.2) is 37.5 Å². The zero-order chi connectivity index (χ0) is 11.1. The summed E-state index contributed by atoms with van der Waals surface area (Å²) in [7, 11) is 0. The van der Waals surface area contributed by atoms with E-state index in [2.05, 4.69) is 16.0 Å². The predicted molar refractivity (Wildman–Crippen MR) is 57.3 cm³/mol. The molecule has 0 aromatic rings. The van der Waals surface area contributed by atoms with Crippen LogP contribution in [0.15, 0.2) is 0 Å². The van der Waals surface area contributed by atoms with E-state index in [1.54, 1.807) is 0 Å². The molecule has 1 aliphatic heterocycles. The number of hydrogen-bond acceptors (Lipinski definition) is 3. The Labute approximate surface area is 90.0 Å². The molecule has 0 spiro atoms. The van der Waals surface area contributed by atoms with Gasteiger partial charge in [-0.3, -0.25) is 9.59 Å². The Kier molecular flexibility index (Phi) is 5.10. The summed E-state index contributed by atoms with van der Waals surface area (Å²) < 4.78 is 0. The molecule has 1 atom stereocenters. The minimum absolute atomic E-state index is 0.0702. The van der Waals surface area contributed by atoms with Gasteiger partial charge in [-0.05, 0) is 25.8 Å². The molecule has 0 bridgehead atoms. The van der Waals surface area contributed by atoms with Crippen molar-refractivity contribution in [3.63, 3.8) is 0 Å². The maximum absolute atomic E-state index is 11.5. The number of nitrogens with one attached hydrogen (secondary N) is 3. The number of hydrogen-bond donors (Lipinski definition) is 3. The van der Waals surface area contributed by atoms with Gasteiger partial charge in [-0.2, -0.15) is 0 Å². The number of rotatable bonds is 5. The van der Waals surface area contributed by atoms with Crippen LogP contribution in [0.1, 0.15) is 26.2 Å². The van der Waals surface area contributed by atoms with E-state index in [4.69, 9.17) is 0 Å². The van der Waals surface area contributed by atoms with Gasteiger partial charge in [-0.1, -0.05) is 6.92 Å². The van der Waals surface area contributed by atoms with Crippen LogP contribution in [0.5, 0.6) is 0 Å². The summed E-state index contributed by atoms with van der Waals surface area (Å²) in [5.41, 5.74) is 0. The fourth-order valence-electron chi connectivity index (χ4n) is 1.53. The molecule has 1 heterocycles. The maximum atomic E-state index is 11.5. The fraction of sp³-hybridized carbons (Fsp3) is 0.800. The monoisotopic (exact) mass is 213 g/mol. The molecule has 1 fully saturated rings. The molecule has 0 radical (unpaired) electrons. The number of carbonyl (C=O) groups excluding carboxylic acids is 2. The Morgan fingerprint density at radius 1 is 1.40 bits per heavy atom. The zero-order valence-corrected chi connectivity index (χ0v) is 9.14. The molecule has 0 saturated carbocycles. The predicted octanol–water partition coefficient (Wildman–Crippen LogP) is -0.619. The lowest BCUT2D eigenvalue weighted by atomic mass is 10.2. The lowest BCUT2D eigenvalue weighted by Gasteiger charge is -2.10. The highest BCUT2D eigenvalue weighted by atomic mass is 16.2. The standard InChI is InChI=1S/C10H19N3O2/c1-2-5-12-9(14)7-13-10(15)8-4-3-6-11-8/h8,11H,2-7H2,1H3,(H,12,14)(H,13,15)/t8-/m1/s1. The lowest BCUT2D eigenvalue weighted by molar-refractivity contribution is -0.127. The molecule has 86 valence electrons. The molecule has 5 nitrogen and oxygen atoms in total. The average Bonchev–Trinajstić information content (AvgIpc) is 2.76. The van der Waals surface area contributed by atoms with E-state index in [1.165, 1.54) is 0 Å². The Bertz CT molecular complexity index is 225. The largest absolute Gasteiger partial charge is 0.355 e. The van der Waals surface area contributed by atoms with Crippen LogP contribution >= 0.6 is 0 Å². The highest BCUT2D eigenvalue weighted by Gasteiger charge is 2.21. The third-order valence-electron chi connectivity index (χ3n) is 2.37. The summed E-state index contributed by atoms with van der Waals surface area (Å²) in [6.45, 7) is 3.62. The van der Waals surface area contributed by atoms with Crippen LogP contribution in [0, 0.1) is 0 Å². The second-order valence-corrected chi connectivity index (χ2v) is 3.72. The van der Waals surface area contributed by atoms with E-state index in [0.717, 1.165) is 25.8 Å². The van der Waals surface area contributed by atoms with E-state index in [-0.39, 0.29) is 24.4 Å². The van der Waals surface area contributed by atoms with Crippen molar-refractivity contribution in [1.82, 2.24) is 16.0 Å². The molecule has 5 heteroatoms. The Morgan fingerprint density at radius 2 is 2.20 bits per heavy atom. The summed E-state index contributed by atoms with van der Waals surface area (Å²) in [6.07, 6.45) is 2.80. The van der Waals surface area contributed by atoms with Crippen molar-refractivity contribution in [3.8, 4) is 0 Å². The van der Waals surface area contributed by atoms with Crippen molar-refractivity contribution in [2.24, 2.45) is 0 Å². The van der Waals surface area contributed by atoms with Gasteiger partial charge in [0, 0.05) is 6.54 Å². The van der Waals surface area contributed by atoms with E-state index in [1.807, 2.05) is 6.92 Å². The molecule has 0 unspecified atom stereocenters. The Hall–Kier alpha value is -1.10. The molecule has 15 heavy (non-hydrogen) atoms. The molecular formula is C10H19N3O2. The molecule has 0 aromatic heterocycles. The summed E-state index contributed by atoms with van der Waals surface area (Å²) in [5, 5.41) is 8.40. The second kappa shape index (κ2) is 6.40. The lowest BCUT2D eigenvalue weighted by Crippen LogP contribution is -2.44. The summed E-state index contributed by atoms with van der Waals surface area (Å²) in [5.74, 6) is -0.192. The minimum atomic E-state index is -0.122. The van der Waals surface area contributed by atoms with Gasteiger partial charge in [0.2, 0.25) is 11.8 Å². The number of carbonyl (C=O) groups is 2. The smallest absolute Gasteiger partial charge is 0.239 e. The first-order valence-corrected chi connectivity index (χ1v) is 5.52. The van der Waals surface area contributed by atoms with Gasteiger partial charge in [0.15, 0.2) is 0 Å². The van der Waals surface area contributed by atoms with Gasteiger partial charge in [0.1, 0.15) is 0 Å². The minimum Gasteiger partial charge on any atom is -0.355 e. The van der Waals surface area contributed by atoms with Crippen molar-refractivity contribution in [2.45, 2.75) is 32.2 Å². The van der Waals surface area contributed by atoms with Gasteiger partial charge in [0.05, 0.1) is 12.6 Å². The average molecular weight is 213 g/mol. The maximum Gasteiger partial charge on any atom is 0.239 e. The molecule has 2 amide bonds. The number of amides is 2. The summed E-state index contributed by atoms with van der Waals surface area (Å²) in [6, 6.07) is -0.107. The molecular weight excluding hydrogens is 194 g/mol. The van der Waals surface area contributed by atoms with Crippen LogP contribution in [0.3, 0.4) is 0 Å². The third-order valence-corrected chi connectivity index (χ3v) is 2.37. The van der Waals surface area contributed by atoms with Crippen LogP contribution in [0.4, 0.5) is 0 Å². The first kappa shape index (κ1) is 12.0.